The number of anilines is 2. The second-order valence-electron chi connectivity index (χ2n) is 8.09. The first kappa shape index (κ1) is 22.0. The van der Waals surface area contributed by atoms with Gasteiger partial charge in [0.2, 0.25) is 11.9 Å². The molecule has 0 saturated heterocycles. The molecule has 32 heavy (non-hydrogen) atoms. The summed E-state index contributed by atoms with van der Waals surface area (Å²) in [4.78, 5) is 41.5. The third-order valence-electron chi connectivity index (χ3n) is 5.83. The highest BCUT2D eigenvalue weighted by molar-refractivity contribution is 7.12. The summed E-state index contributed by atoms with van der Waals surface area (Å²) in [5, 5.41) is 7.88. The van der Waals surface area contributed by atoms with Crippen LogP contribution >= 0.6 is 11.3 Å². The van der Waals surface area contributed by atoms with E-state index in [0.29, 0.717) is 29.4 Å². The zero-order valence-electron chi connectivity index (χ0n) is 17.8. The zero-order chi connectivity index (χ0) is 22.5. The van der Waals surface area contributed by atoms with Crippen molar-refractivity contribution in [1.29, 1.82) is 0 Å². The molecule has 1 aliphatic rings. The number of amides is 2. The normalized spacial score (nSPS) is 14.4. The predicted octanol–water partition coefficient (Wildman–Crippen LogP) is 3.79. The van der Waals surface area contributed by atoms with E-state index < -0.39 is 5.91 Å². The van der Waals surface area contributed by atoms with Crippen molar-refractivity contribution in [1.82, 2.24) is 9.55 Å². The number of nitrogens with zero attached hydrogens (tertiary/aromatic N) is 2. The molecule has 0 aliphatic heterocycles. The van der Waals surface area contributed by atoms with E-state index in [4.69, 9.17) is 5.73 Å². The van der Waals surface area contributed by atoms with Gasteiger partial charge in [-0.05, 0) is 42.5 Å². The topological polar surface area (TPSA) is 119 Å². The fourth-order valence-electron chi connectivity index (χ4n) is 4.11. The molecule has 8 nitrogen and oxygen atoms in total. The lowest BCUT2D eigenvalue weighted by atomic mass is 9.86. The number of nitrogens with two attached hydrogens (primary N) is 1. The fraction of sp³-hybridized carbons (Fsp3) is 0.391. The molecule has 0 bridgehead atoms. The van der Waals surface area contributed by atoms with Crippen LogP contribution in [0.25, 0.3) is 11.0 Å². The molecule has 1 fully saturated rings. The van der Waals surface area contributed by atoms with Gasteiger partial charge >= 0.3 is 0 Å². The monoisotopic (exact) mass is 453 g/mol. The van der Waals surface area contributed by atoms with Crippen LogP contribution in [-0.2, 0) is 16.1 Å². The van der Waals surface area contributed by atoms with Gasteiger partial charge in [0.25, 0.3) is 5.91 Å². The van der Waals surface area contributed by atoms with Crippen LogP contribution in [0.2, 0.25) is 0 Å². The Bertz CT molecular complexity index is 1120. The average molecular weight is 454 g/mol. The molecule has 4 rings (SSSR count). The van der Waals surface area contributed by atoms with Crippen molar-refractivity contribution < 1.29 is 14.4 Å². The number of ketones is 1. The maximum Gasteiger partial charge on any atom is 0.268 e. The van der Waals surface area contributed by atoms with Gasteiger partial charge in [-0.15, -0.1) is 11.3 Å². The minimum absolute atomic E-state index is 0.128. The molecule has 1 aliphatic carbocycles. The Morgan fingerprint density at radius 3 is 2.69 bits per heavy atom. The maximum atomic E-state index is 12.5. The Morgan fingerprint density at radius 2 is 1.97 bits per heavy atom. The first-order chi connectivity index (χ1) is 15.5. The fourth-order valence-corrected chi connectivity index (χ4v) is 4.73. The van der Waals surface area contributed by atoms with Crippen LogP contribution in [0, 0.1) is 5.92 Å². The molecular formula is C23H27N5O3S. The van der Waals surface area contributed by atoms with E-state index in [0.717, 1.165) is 36.9 Å². The van der Waals surface area contributed by atoms with Gasteiger partial charge < -0.3 is 15.6 Å². The Kier molecular flexibility index (Phi) is 6.84. The number of hydrogen-bond acceptors (Lipinski definition) is 6. The maximum absolute atomic E-state index is 12.5. The highest BCUT2D eigenvalue weighted by Gasteiger charge is 2.21. The number of imidazole rings is 1. The van der Waals surface area contributed by atoms with Crippen LogP contribution in [0.3, 0.4) is 0 Å². The molecular weight excluding hydrogens is 426 g/mol. The molecule has 168 valence electrons. The van der Waals surface area contributed by atoms with Gasteiger partial charge in [0.1, 0.15) is 0 Å². The van der Waals surface area contributed by atoms with Gasteiger partial charge in [-0.2, -0.15) is 0 Å². The number of aryl methyl sites for hydroxylation is 1. The number of benzene rings is 1. The summed E-state index contributed by atoms with van der Waals surface area (Å²) >= 11 is 1.34. The summed E-state index contributed by atoms with van der Waals surface area (Å²) in [6, 6.07) is 9.15. The number of primary amides is 1. The second-order valence-corrected chi connectivity index (χ2v) is 9.04. The van der Waals surface area contributed by atoms with E-state index >= 15 is 0 Å². The minimum atomic E-state index is -0.429. The first-order valence-electron chi connectivity index (χ1n) is 10.9. The van der Waals surface area contributed by atoms with Gasteiger partial charge in [-0.25, -0.2) is 4.98 Å². The summed E-state index contributed by atoms with van der Waals surface area (Å²) in [7, 11) is 0. The number of Topliss-reactive ketones (excluding diaryl/α,β-unsaturated/α-hetero) is 1. The van der Waals surface area contributed by atoms with Crippen molar-refractivity contribution in [2.24, 2.45) is 11.7 Å². The van der Waals surface area contributed by atoms with Crippen LogP contribution in [0.1, 0.15) is 48.2 Å². The van der Waals surface area contributed by atoms with Gasteiger partial charge in [-0.3, -0.25) is 19.7 Å². The third-order valence-corrected chi connectivity index (χ3v) is 6.70. The van der Waals surface area contributed by atoms with Gasteiger partial charge in [0.15, 0.2) is 5.78 Å². The van der Waals surface area contributed by atoms with Crippen LogP contribution in [0.15, 0.2) is 35.7 Å². The molecule has 0 atom stereocenters. The van der Waals surface area contributed by atoms with Gasteiger partial charge in [0.05, 0.1) is 22.5 Å². The van der Waals surface area contributed by atoms with Crippen molar-refractivity contribution in [2.75, 3.05) is 17.2 Å². The van der Waals surface area contributed by atoms with E-state index in [1.807, 2.05) is 29.6 Å². The number of carbonyl (C=O) groups is 3. The van der Waals surface area contributed by atoms with Crippen LogP contribution in [-0.4, -0.2) is 33.7 Å². The quantitative estimate of drug-likeness (QED) is 0.455. The van der Waals surface area contributed by atoms with Crippen molar-refractivity contribution in [2.45, 2.75) is 45.1 Å². The molecule has 0 spiro atoms. The number of aromatic nitrogens is 2. The lowest BCUT2D eigenvalue weighted by Crippen LogP contribution is -2.24. The van der Waals surface area contributed by atoms with Crippen molar-refractivity contribution in [3.8, 4) is 0 Å². The van der Waals surface area contributed by atoms with Crippen LogP contribution < -0.4 is 16.4 Å². The first-order valence-corrected chi connectivity index (χ1v) is 11.8. The standard InChI is InChI=1S/C23H27N5O3S/c24-21(30)10-11-28-18-9-8-16(25-14-19(29)15-5-2-1-3-6-15)13-17(18)26-23(28)27-22(31)20-7-4-12-32-20/h4,7-9,12-13,15,25H,1-3,5-6,10-11,14H2,(H2,24,30)(H,26,27,31). The number of hydrogen-bond donors (Lipinski definition) is 3. The molecule has 2 amide bonds. The van der Waals surface area contributed by atoms with Gasteiger partial charge in [-0.1, -0.05) is 25.3 Å². The number of rotatable bonds is 9. The molecule has 4 N–H and O–H groups in total. The van der Waals surface area contributed by atoms with Crippen LogP contribution in [0.5, 0.6) is 0 Å². The lowest BCUT2D eigenvalue weighted by Gasteiger charge is -2.20. The number of fused-ring (bicyclic) bond motifs is 1. The minimum Gasteiger partial charge on any atom is -0.378 e. The number of nitrogens with one attached hydrogen (secondary N) is 2. The molecule has 3 aromatic rings. The molecule has 2 aromatic heterocycles. The predicted molar refractivity (Wildman–Crippen MR) is 126 cm³/mol. The Morgan fingerprint density at radius 1 is 1.16 bits per heavy atom. The molecule has 9 heteroatoms. The molecule has 0 unspecified atom stereocenters. The summed E-state index contributed by atoms with van der Waals surface area (Å²) in [6.07, 6.45) is 5.57. The molecule has 1 aromatic carbocycles. The lowest BCUT2D eigenvalue weighted by molar-refractivity contribution is -0.122. The summed E-state index contributed by atoms with van der Waals surface area (Å²) < 4.78 is 1.78. The summed E-state index contributed by atoms with van der Waals surface area (Å²) in [5.74, 6) is 0.0803. The van der Waals surface area contributed by atoms with Crippen molar-refractivity contribution in [3.05, 3.63) is 40.6 Å². The van der Waals surface area contributed by atoms with Gasteiger partial charge in [0, 0.05) is 24.6 Å². The highest BCUT2D eigenvalue weighted by Crippen LogP contribution is 2.26. The molecule has 1 saturated carbocycles. The third kappa shape index (κ3) is 5.16. The van der Waals surface area contributed by atoms with Crippen LogP contribution in [0.4, 0.5) is 11.6 Å². The van der Waals surface area contributed by atoms with E-state index in [1.165, 1.54) is 17.8 Å². The summed E-state index contributed by atoms with van der Waals surface area (Å²) in [6.45, 7) is 0.597. The highest BCUT2D eigenvalue weighted by atomic mass is 32.1. The van der Waals surface area contributed by atoms with E-state index in [-0.39, 0.29) is 24.0 Å². The Balaban J connectivity index is 1.53. The van der Waals surface area contributed by atoms with E-state index in [2.05, 4.69) is 15.6 Å². The van der Waals surface area contributed by atoms with E-state index in [9.17, 15) is 14.4 Å². The second kappa shape index (κ2) is 9.95. The molecule has 2 heterocycles. The molecule has 0 radical (unpaired) electrons. The largest absolute Gasteiger partial charge is 0.378 e. The average Bonchev–Trinajstić information content (AvgIpc) is 3.44. The van der Waals surface area contributed by atoms with Crippen molar-refractivity contribution in [3.63, 3.8) is 0 Å². The Labute approximate surface area is 190 Å². The zero-order valence-corrected chi connectivity index (χ0v) is 18.6. The number of thiophene rings is 1. The summed E-state index contributed by atoms with van der Waals surface area (Å²) in [5.41, 5.74) is 7.56. The van der Waals surface area contributed by atoms with E-state index in [1.54, 1.807) is 10.6 Å². The van der Waals surface area contributed by atoms with Crippen molar-refractivity contribution >= 4 is 51.6 Å². The Hall–Kier alpha value is -3.20. The number of carbonyl (C=O) groups excluding carboxylic acids is 3. The smallest absolute Gasteiger partial charge is 0.268 e. The SMILES string of the molecule is NC(=O)CCn1c(NC(=O)c2cccs2)nc2cc(NCC(=O)C3CCCCC3)ccc21.